The molecule has 2 N–H and O–H groups in total. The molecule has 0 spiro atoms. The van der Waals surface area contributed by atoms with Gasteiger partial charge >= 0.3 is 12.1 Å². The SMILES string of the molecule is C=CC1=C[C@@]1(NC(=O)OC(C)(C)C)C(=O)O. The number of carbonyl (C=O) groups is 2. The normalized spacial score (nSPS) is 23.1. The molecule has 1 rings (SSSR count). The van der Waals surface area contributed by atoms with Gasteiger partial charge in [-0.1, -0.05) is 12.7 Å². The number of amides is 1. The predicted molar refractivity (Wildman–Crippen MR) is 58.0 cm³/mol. The van der Waals surface area contributed by atoms with E-state index in [1.54, 1.807) is 20.8 Å². The molecule has 0 aliphatic heterocycles. The van der Waals surface area contributed by atoms with Gasteiger partial charge in [0, 0.05) is 0 Å². The summed E-state index contributed by atoms with van der Waals surface area (Å²) in [4.78, 5) is 22.4. The minimum Gasteiger partial charge on any atom is -0.479 e. The molecule has 5 heteroatoms. The van der Waals surface area contributed by atoms with Crippen molar-refractivity contribution in [3.05, 3.63) is 24.3 Å². The average Bonchev–Trinajstić information content (AvgIpc) is 2.76. The molecule has 0 radical (unpaired) electrons. The second kappa shape index (κ2) is 3.66. The van der Waals surface area contributed by atoms with E-state index in [2.05, 4.69) is 11.9 Å². The van der Waals surface area contributed by atoms with E-state index in [1.807, 2.05) is 0 Å². The Morgan fingerprint density at radius 1 is 1.56 bits per heavy atom. The summed E-state index contributed by atoms with van der Waals surface area (Å²) in [5.74, 6) is -1.15. The molecule has 5 nitrogen and oxygen atoms in total. The molecular formula is C11H15NO4. The Morgan fingerprint density at radius 2 is 2.12 bits per heavy atom. The number of hydrogen-bond acceptors (Lipinski definition) is 3. The summed E-state index contributed by atoms with van der Waals surface area (Å²) in [7, 11) is 0. The van der Waals surface area contributed by atoms with Crippen LogP contribution in [-0.4, -0.2) is 28.3 Å². The number of carbonyl (C=O) groups excluding carboxylic acids is 1. The van der Waals surface area contributed by atoms with Crippen LogP contribution < -0.4 is 5.32 Å². The van der Waals surface area contributed by atoms with Crippen LogP contribution in [0.2, 0.25) is 0 Å². The van der Waals surface area contributed by atoms with E-state index >= 15 is 0 Å². The van der Waals surface area contributed by atoms with Gasteiger partial charge in [0.05, 0.1) is 0 Å². The topological polar surface area (TPSA) is 75.6 Å². The smallest absolute Gasteiger partial charge is 0.409 e. The van der Waals surface area contributed by atoms with Crippen molar-refractivity contribution < 1.29 is 19.4 Å². The quantitative estimate of drug-likeness (QED) is 0.762. The van der Waals surface area contributed by atoms with E-state index in [4.69, 9.17) is 9.84 Å². The van der Waals surface area contributed by atoms with Crippen molar-refractivity contribution in [1.29, 1.82) is 0 Å². The largest absolute Gasteiger partial charge is 0.479 e. The van der Waals surface area contributed by atoms with E-state index in [0.29, 0.717) is 5.57 Å². The molecule has 0 saturated carbocycles. The maximum absolute atomic E-state index is 11.4. The van der Waals surface area contributed by atoms with Crippen LogP contribution >= 0.6 is 0 Å². The van der Waals surface area contributed by atoms with Crippen LogP contribution in [0.1, 0.15) is 20.8 Å². The molecule has 0 bridgehead atoms. The Morgan fingerprint density at radius 3 is 2.44 bits per heavy atom. The third-order valence-corrected chi connectivity index (χ3v) is 2.00. The van der Waals surface area contributed by atoms with Gasteiger partial charge in [0.1, 0.15) is 5.60 Å². The van der Waals surface area contributed by atoms with Crippen LogP contribution in [0.25, 0.3) is 0 Å². The molecule has 0 aromatic carbocycles. The average molecular weight is 225 g/mol. The van der Waals surface area contributed by atoms with Gasteiger partial charge in [-0.3, -0.25) is 5.32 Å². The Labute approximate surface area is 93.8 Å². The van der Waals surface area contributed by atoms with Crippen LogP contribution in [0, 0.1) is 0 Å². The summed E-state index contributed by atoms with van der Waals surface area (Å²) in [5.41, 5.74) is -1.62. The first-order valence-corrected chi connectivity index (χ1v) is 4.81. The van der Waals surface area contributed by atoms with Gasteiger partial charge in [-0.05, 0) is 32.4 Å². The summed E-state index contributed by atoms with van der Waals surface area (Å²) in [6.45, 7) is 8.57. The zero-order chi connectivity index (χ0) is 12.6. The second-order valence-corrected chi connectivity index (χ2v) is 4.54. The molecule has 1 amide bonds. The van der Waals surface area contributed by atoms with Gasteiger partial charge < -0.3 is 9.84 Å². The Kier molecular flexibility index (Phi) is 2.81. The zero-order valence-corrected chi connectivity index (χ0v) is 9.53. The summed E-state index contributed by atoms with van der Waals surface area (Å²) < 4.78 is 4.98. The number of carboxylic acid groups (broad SMARTS) is 1. The summed E-state index contributed by atoms with van der Waals surface area (Å²) in [5, 5.41) is 11.3. The fraction of sp³-hybridized carbons (Fsp3) is 0.455. The summed E-state index contributed by atoms with van der Waals surface area (Å²) in [6.07, 6.45) is 2.04. The number of hydrogen-bond donors (Lipinski definition) is 2. The van der Waals surface area contributed by atoms with Crippen molar-refractivity contribution >= 4 is 12.1 Å². The molecule has 1 aliphatic carbocycles. The third kappa shape index (κ3) is 2.42. The minimum atomic E-state index is -1.43. The summed E-state index contributed by atoms with van der Waals surface area (Å²) >= 11 is 0. The molecule has 0 heterocycles. The molecule has 0 unspecified atom stereocenters. The highest BCUT2D eigenvalue weighted by Gasteiger charge is 2.52. The number of aliphatic carboxylic acids is 1. The predicted octanol–water partition coefficient (Wildman–Crippen LogP) is 1.46. The van der Waals surface area contributed by atoms with E-state index < -0.39 is 23.2 Å². The highest BCUT2D eigenvalue weighted by molar-refractivity contribution is 5.97. The summed E-state index contributed by atoms with van der Waals surface area (Å²) in [6, 6.07) is 0. The zero-order valence-electron chi connectivity index (χ0n) is 9.53. The Balaban J connectivity index is 2.64. The molecule has 0 aromatic rings. The monoisotopic (exact) mass is 225 g/mol. The van der Waals surface area contributed by atoms with Crippen molar-refractivity contribution in [3.8, 4) is 0 Å². The van der Waals surface area contributed by atoms with Crippen LogP contribution in [0.5, 0.6) is 0 Å². The van der Waals surface area contributed by atoms with Gasteiger partial charge in [0.25, 0.3) is 0 Å². The molecule has 0 fully saturated rings. The fourth-order valence-corrected chi connectivity index (χ4v) is 1.23. The lowest BCUT2D eigenvalue weighted by Crippen LogP contribution is -2.47. The van der Waals surface area contributed by atoms with Crippen LogP contribution in [0.3, 0.4) is 0 Å². The van der Waals surface area contributed by atoms with Crippen molar-refractivity contribution in [1.82, 2.24) is 5.32 Å². The molecule has 16 heavy (non-hydrogen) atoms. The van der Waals surface area contributed by atoms with E-state index in [0.717, 1.165) is 0 Å². The minimum absolute atomic E-state index is 0.464. The molecular weight excluding hydrogens is 210 g/mol. The lowest BCUT2D eigenvalue weighted by atomic mass is 10.1. The van der Waals surface area contributed by atoms with Gasteiger partial charge in [-0.2, -0.15) is 0 Å². The molecule has 0 aromatic heterocycles. The number of nitrogens with one attached hydrogen (secondary N) is 1. The first kappa shape index (κ1) is 12.3. The van der Waals surface area contributed by atoms with Gasteiger partial charge in [0.2, 0.25) is 0 Å². The Hall–Kier alpha value is -1.78. The van der Waals surface area contributed by atoms with Crippen LogP contribution in [0.15, 0.2) is 24.3 Å². The maximum Gasteiger partial charge on any atom is 0.409 e. The van der Waals surface area contributed by atoms with Crippen LogP contribution in [0.4, 0.5) is 4.79 Å². The second-order valence-electron chi connectivity index (χ2n) is 4.54. The van der Waals surface area contributed by atoms with Crippen molar-refractivity contribution in [2.45, 2.75) is 31.9 Å². The van der Waals surface area contributed by atoms with Gasteiger partial charge in [-0.25, -0.2) is 9.59 Å². The van der Waals surface area contributed by atoms with Gasteiger partial charge in [-0.15, -0.1) is 0 Å². The highest BCUT2D eigenvalue weighted by Crippen LogP contribution is 2.35. The van der Waals surface area contributed by atoms with E-state index in [9.17, 15) is 9.59 Å². The standard InChI is InChI=1S/C11H15NO4/c1-5-7-6-11(7,8(13)14)12-9(15)16-10(2,3)4/h5-6H,1H2,2-4H3,(H,12,15)(H,13,14)/t11-/m0/s1. The van der Waals surface area contributed by atoms with Gasteiger partial charge in [0.15, 0.2) is 5.54 Å². The van der Waals surface area contributed by atoms with E-state index in [1.165, 1.54) is 12.2 Å². The lowest BCUT2D eigenvalue weighted by Gasteiger charge is -2.22. The third-order valence-electron chi connectivity index (χ3n) is 2.00. The molecule has 88 valence electrons. The molecule has 1 atom stereocenters. The number of carboxylic acids is 1. The maximum atomic E-state index is 11.4. The fourth-order valence-electron chi connectivity index (χ4n) is 1.23. The lowest BCUT2D eigenvalue weighted by molar-refractivity contribution is -0.139. The number of alkyl carbamates (subject to hydrolysis) is 1. The first-order chi connectivity index (χ1) is 7.21. The number of rotatable bonds is 3. The van der Waals surface area contributed by atoms with Crippen molar-refractivity contribution in [2.75, 3.05) is 0 Å². The van der Waals surface area contributed by atoms with Crippen molar-refractivity contribution in [2.24, 2.45) is 0 Å². The highest BCUT2D eigenvalue weighted by atomic mass is 16.6. The van der Waals surface area contributed by atoms with Crippen molar-refractivity contribution in [3.63, 3.8) is 0 Å². The molecule has 0 saturated heterocycles. The van der Waals surface area contributed by atoms with E-state index in [-0.39, 0.29) is 0 Å². The van der Waals surface area contributed by atoms with Crippen LogP contribution in [-0.2, 0) is 9.53 Å². The Bertz CT molecular complexity index is 378. The first-order valence-electron chi connectivity index (χ1n) is 4.81. The number of ether oxygens (including phenoxy) is 1. The molecule has 1 aliphatic rings.